The molecule has 3 N–H and O–H groups in total. The topological polar surface area (TPSA) is 72.2 Å². The lowest BCUT2D eigenvalue weighted by Crippen LogP contribution is -2.29. The maximum Gasteiger partial charge on any atom is 0.212 e. The number of rotatable bonds is 7. The number of para-hydroxylation sites is 1. The molecule has 1 heterocycles. The van der Waals surface area contributed by atoms with Gasteiger partial charge in [-0.1, -0.05) is 12.1 Å². The van der Waals surface area contributed by atoms with Crippen LogP contribution >= 0.6 is 23.1 Å². The number of thiophene rings is 1. The van der Waals surface area contributed by atoms with E-state index in [9.17, 15) is 8.42 Å². The van der Waals surface area contributed by atoms with Gasteiger partial charge in [-0.15, -0.1) is 11.8 Å². The van der Waals surface area contributed by atoms with Crippen LogP contribution in [0, 0.1) is 0 Å². The lowest BCUT2D eigenvalue weighted by atomic mass is 10.2. The number of hydrogen-bond donors (Lipinski definition) is 2. The van der Waals surface area contributed by atoms with Crippen molar-refractivity contribution >= 4 is 38.8 Å². The Labute approximate surface area is 133 Å². The van der Waals surface area contributed by atoms with E-state index in [2.05, 4.69) is 4.72 Å². The van der Waals surface area contributed by atoms with Crippen LogP contribution in [0.2, 0.25) is 0 Å². The first-order chi connectivity index (χ1) is 9.98. The fourth-order valence-corrected chi connectivity index (χ4v) is 5.18. The fraction of sp³-hybridized carbons (Fsp3) is 0.286. The molecule has 2 rings (SSSR count). The second-order valence-corrected chi connectivity index (χ2v) is 8.39. The molecule has 0 aliphatic carbocycles. The van der Waals surface area contributed by atoms with Crippen molar-refractivity contribution in [1.29, 1.82) is 0 Å². The Morgan fingerprint density at radius 3 is 2.76 bits per heavy atom. The van der Waals surface area contributed by atoms with E-state index in [0.717, 1.165) is 10.5 Å². The van der Waals surface area contributed by atoms with Crippen LogP contribution in [-0.2, 0) is 10.0 Å². The van der Waals surface area contributed by atoms with Crippen molar-refractivity contribution in [2.24, 2.45) is 0 Å². The minimum absolute atomic E-state index is 0.0699. The van der Waals surface area contributed by atoms with Crippen LogP contribution in [0.5, 0.6) is 0 Å². The van der Waals surface area contributed by atoms with Crippen molar-refractivity contribution < 1.29 is 8.42 Å². The summed E-state index contributed by atoms with van der Waals surface area (Å²) in [6, 6.07) is 9.19. The third-order valence-electron chi connectivity index (χ3n) is 2.93. The average Bonchev–Trinajstić information content (AvgIpc) is 2.94. The Morgan fingerprint density at radius 1 is 1.33 bits per heavy atom. The van der Waals surface area contributed by atoms with Gasteiger partial charge in [-0.05, 0) is 41.4 Å². The first-order valence-electron chi connectivity index (χ1n) is 6.47. The van der Waals surface area contributed by atoms with Gasteiger partial charge in [0.15, 0.2) is 0 Å². The molecule has 1 atom stereocenters. The molecule has 1 aromatic heterocycles. The molecule has 0 spiro atoms. The Morgan fingerprint density at radius 2 is 2.10 bits per heavy atom. The minimum Gasteiger partial charge on any atom is -0.398 e. The highest BCUT2D eigenvalue weighted by Crippen LogP contribution is 2.24. The maximum atomic E-state index is 12.1. The van der Waals surface area contributed by atoms with E-state index < -0.39 is 10.0 Å². The zero-order valence-electron chi connectivity index (χ0n) is 11.7. The lowest BCUT2D eigenvalue weighted by Gasteiger charge is -2.13. The van der Waals surface area contributed by atoms with Crippen LogP contribution in [-0.4, -0.2) is 19.9 Å². The van der Waals surface area contributed by atoms with Crippen LogP contribution in [0.15, 0.2) is 46.0 Å². The summed E-state index contributed by atoms with van der Waals surface area (Å²) in [6.07, 6.45) is 0. The number of anilines is 1. The molecular weight excluding hydrogens is 324 g/mol. The Bertz CT molecular complexity index is 669. The summed E-state index contributed by atoms with van der Waals surface area (Å²) in [7, 11) is -3.30. The van der Waals surface area contributed by atoms with Gasteiger partial charge in [-0.3, -0.25) is 0 Å². The number of thioether (sulfide) groups is 1. The number of nitrogen functional groups attached to an aromatic ring is 1. The molecule has 7 heteroatoms. The Balaban J connectivity index is 1.86. The molecule has 0 saturated heterocycles. The normalized spacial score (nSPS) is 13.2. The van der Waals surface area contributed by atoms with Crippen molar-refractivity contribution in [2.75, 3.05) is 17.2 Å². The van der Waals surface area contributed by atoms with E-state index in [1.807, 2.05) is 48.0 Å². The van der Waals surface area contributed by atoms with Crippen molar-refractivity contribution in [3.63, 3.8) is 0 Å². The minimum atomic E-state index is -3.30. The SMILES string of the molecule is CC(NS(=O)(=O)CCSc1ccccc1N)c1ccsc1. The van der Waals surface area contributed by atoms with Crippen LogP contribution in [0.3, 0.4) is 0 Å². The number of benzene rings is 1. The highest BCUT2D eigenvalue weighted by Gasteiger charge is 2.16. The van der Waals surface area contributed by atoms with E-state index in [1.165, 1.54) is 11.8 Å². The van der Waals surface area contributed by atoms with Gasteiger partial charge in [0.2, 0.25) is 10.0 Å². The van der Waals surface area contributed by atoms with E-state index >= 15 is 0 Å². The smallest absolute Gasteiger partial charge is 0.212 e. The van der Waals surface area contributed by atoms with E-state index in [0.29, 0.717) is 11.4 Å². The highest BCUT2D eigenvalue weighted by atomic mass is 32.2. The van der Waals surface area contributed by atoms with Crippen molar-refractivity contribution in [3.8, 4) is 0 Å². The van der Waals surface area contributed by atoms with Crippen molar-refractivity contribution in [2.45, 2.75) is 17.9 Å². The monoisotopic (exact) mass is 342 g/mol. The van der Waals surface area contributed by atoms with E-state index in [-0.39, 0.29) is 11.8 Å². The van der Waals surface area contributed by atoms with Gasteiger partial charge in [0.1, 0.15) is 0 Å². The van der Waals surface area contributed by atoms with Crippen molar-refractivity contribution in [1.82, 2.24) is 4.72 Å². The third-order valence-corrected chi connectivity index (χ3v) is 6.43. The molecule has 4 nitrogen and oxygen atoms in total. The summed E-state index contributed by atoms with van der Waals surface area (Å²) in [4.78, 5) is 0.915. The molecule has 1 aromatic carbocycles. The molecule has 21 heavy (non-hydrogen) atoms. The summed E-state index contributed by atoms with van der Waals surface area (Å²) in [6.45, 7) is 1.85. The first kappa shape index (κ1) is 16.4. The summed E-state index contributed by atoms with van der Waals surface area (Å²) in [5.74, 6) is 0.542. The van der Waals surface area contributed by atoms with E-state index in [4.69, 9.17) is 5.73 Å². The number of hydrogen-bond acceptors (Lipinski definition) is 5. The van der Waals surface area contributed by atoms with Gasteiger partial charge in [0.25, 0.3) is 0 Å². The maximum absolute atomic E-state index is 12.1. The summed E-state index contributed by atoms with van der Waals surface area (Å²) in [5, 5.41) is 3.89. The zero-order valence-corrected chi connectivity index (χ0v) is 14.1. The van der Waals surface area contributed by atoms with Crippen LogP contribution in [0.1, 0.15) is 18.5 Å². The molecule has 2 aromatic rings. The standard InChI is InChI=1S/C14H18N2O2S3/c1-11(12-6-7-19-10-12)16-21(17,18)9-8-20-14-5-3-2-4-13(14)15/h2-7,10-11,16H,8-9,15H2,1H3. The predicted molar refractivity (Wildman–Crippen MR) is 91.2 cm³/mol. The van der Waals surface area contributed by atoms with Gasteiger partial charge in [-0.25, -0.2) is 13.1 Å². The van der Waals surface area contributed by atoms with Gasteiger partial charge in [-0.2, -0.15) is 11.3 Å². The van der Waals surface area contributed by atoms with Crippen LogP contribution < -0.4 is 10.5 Å². The molecule has 0 aliphatic heterocycles. The van der Waals surface area contributed by atoms with Gasteiger partial charge in [0.05, 0.1) is 5.75 Å². The summed E-state index contributed by atoms with van der Waals surface area (Å²) >= 11 is 3.01. The molecule has 0 fully saturated rings. The Kier molecular flexibility index (Phi) is 5.69. The fourth-order valence-electron chi connectivity index (χ4n) is 1.79. The molecule has 114 valence electrons. The molecule has 0 radical (unpaired) electrons. The molecule has 0 amide bonds. The first-order valence-corrected chi connectivity index (χ1v) is 10.1. The van der Waals surface area contributed by atoms with Gasteiger partial charge < -0.3 is 5.73 Å². The highest BCUT2D eigenvalue weighted by molar-refractivity contribution is 8.00. The molecule has 0 aliphatic rings. The second kappa shape index (κ2) is 7.31. The van der Waals surface area contributed by atoms with Crippen LogP contribution in [0.25, 0.3) is 0 Å². The second-order valence-electron chi connectivity index (χ2n) is 4.60. The number of nitrogens with two attached hydrogens (primary N) is 1. The van der Waals surface area contributed by atoms with Gasteiger partial charge in [0, 0.05) is 22.4 Å². The average molecular weight is 343 g/mol. The number of nitrogens with one attached hydrogen (secondary N) is 1. The van der Waals surface area contributed by atoms with Gasteiger partial charge >= 0.3 is 0 Å². The molecule has 1 unspecified atom stereocenters. The van der Waals surface area contributed by atoms with Crippen molar-refractivity contribution in [3.05, 3.63) is 46.7 Å². The predicted octanol–water partition coefficient (Wildman–Crippen LogP) is 3.10. The molecule has 0 saturated carbocycles. The van der Waals surface area contributed by atoms with Crippen LogP contribution in [0.4, 0.5) is 5.69 Å². The van der Waals surface area contributed by atoms with E-state index in [1.54, 1.807) is 11.3 Å². The largest absolute Gasteiger partial charge is 0.398 e. The quantitative estimate of drug-likeness (QED) is 0.599. The Hall–Kier alpha value is -1.02. The summed E-state index contributed by atoms with van der Waals surface area (Å²) in [5.41, 5.74) is 7.50. The lowest BCUT2D eigenvalue weighted by molar-refractivity contribution is 0.569. The zero-order chi connectivity index (χ0) is 15.3. The summed E-state index contributed by atoms with van der Waals surface area (Å²) < 4.78 is 26.8. The third kappa shape index (κ3) is 5.03. The number of sulfonamides is 1. The molecule has 0 bridgehead atoms. The molecular formula is C14H18N2O2S3.